The van der Waals surface area contributed by atoms with Crippen LogP contribution in [0.4, 0.5) is 0 Å². The van der Waals surface area contributed by atoms with Crippen molar-refractivity contribution in [1.29, 1.82) is 0 Å². The molecule has 6 nitrogen and oxygen atoms in total. The van der Waals surface area contributed by atoms with Crippen molar-refractivity contribution in [2.75, 3.05) is 39.3 Å². The Labute approximate surface area is 164 Å². The summed E-state index contributed by atoms with van der Waals surface area (Å²) in [6, 6.07) is 0.779. The molecule has 6 heteroatoms. The van der Waals surface area contributed by atoms with Crippen LogP contribution in [-0.2, 0) is 14.3 Å². The lowest BCUT2D eigenvalue weighted by Gasteiger charge is -2.27. The van der Waals surface area contributed by atoms with Gasteiger partial charge in [-0.2, -0.15) is 0 Å². The summed E-state index contributed by atoms with van der Waals surface area (Å²) >= 11 is 0. The van der Waals surface area contributed by atoms with E-state index in [1.54, 1.807) is 0 Å². The topological polar surface area (TPSA) is 53.1 Å². The fraction of sp³-hybridized carbons (Fsp3) is 0.905. The second-order valence-electron chi connectivity index (χ2n) is 8.63. The summed E-state index contributed by atoms with van der Waals surface area (Å²) in [6.07, 6.45) is 3.26. The van der Waals surface area contributed by atoms with Gasteiger partial charge in [-0.3, -0.25) is 14.5 Å². The third-order valence-corrected chi connectivity index (χ3v) is 6.82. The number of hydrogen-bond acceptors (Lipinski definition) is 4. The summed E-state index contributed by atoms with van der Waals surface area (Å²) in [5.74, 6) is 1.06. The monoisotopic (exact) mass is 379 g/mol. The number of rotatable bonds is 7. The Morgan fingerprint density at radius 3 is 2.37 bits per heavy atom. The van der Waals surface area contributed by atoms with E-state index >= 15 is 0 Å². The zero-order chi connectivity index (χ0) is 19.6. The molecule has 0 aromatic heterocycles. The Balaban J connectivity index is 1.70. The summed E-state index contributed by atoms with van der Waals surface area (Å²) in [4.78, 5) is 31.9. The van der Waals surface area contributed by atoms with Gasteiger partial charge < -0.3 is 14.5 Å². The molecule has 0 spiro atoms. The van der Waals surface area contributed by atoms with E-state index in [1.165, 1.54) is 0 Å². The van der Waals surface area contributed by atoms with Crippen LogP contribution in [0.2, 0.25) is 0 Å². The van der Waals surface area contributed by atoms with E-state index in [4.69, 9.17) is 4.74 Å². The first kappa shape index (κ1) is 20.6. The molecule has 0 radical (unpaired) electrons. The fourth-order valence-corrected chi connectivity index (χ4v) is 5.34. The van der Waals surface area contributed by atoms with E-state index in [2.05, 4.69) is 18.7 Å². The third-order valence-electron chi connectivity index (χ3n) is 6.82. The van der Waals surface area contributed by atoms with E-state index in [-0.39, 0.29) is 12.0 Å². The van der Waals surface area contributed by atoms with Crippen LogP contribution in [-0.4, -0.2) is 84.0 Å². The molecule has 0 N–H and O–H groups in total. The lowest BCUT2D eigenvalue weighted by molar-refractivity contribution is -0.134. The van der Waals surface area contributed by atoms with Gasteiger partial charge in [0.15, 0.2) is 0 Å². The first-order valence-electron chi connectivity index (χ1n) is 10.9. The molecule has 3 aliphatic rings. The lowest BCUT2D eigenvalue weighted by atomic mass is 9.84. The maximum atomic E-state index is 12.8. The van der Waals surface area contributed by atoms with Crippen LogP contribution >= 0.6 is 0 Å². The van der Waals surface area contributed by atoms with E-state index in [0.717, 1.165) is 45.6 Å². The number of carbonyl (C=O) groups excluding carboxylic acids is 2. The number of nitrogens with zero attached hydrogens (tertiary/aromatic N) is 3. The Hall–Kier alpha value is -1.14. The number of carbonyl (C=O) groups is 2. The van der Waals surface area contributed by atoms with Crippen LogP contribution in [0.3, 0.4) is 0 Å². The average Bonchev–Trinajstić information content (AvgIpc) is 3.35. The quantitative estimate of drug-likeness (QED) is 0.679. The molecule has 3 rings (SSSR count). The highest BCUT2D eigenvalue weighted by Gasteiger charge is 2.52. The van der Waals surface area contributed by atoms with Gasteiger partial charge in [-0.05, 0) is 46.5 Å². The number of fused-ring (bicyclic) bond motifs is 1. The predicted octanol–water partition coefficient (Wildman–Crippen LogP) is 1.98. The molecular weight excluding hydrogens is 342 g/mol. The van der Waals surface area contributed by atoms with Crippen LogP contribution < -0.4 is 0 Å². The van der Waals surface area contributed by atoms with Crippen molar-refractivity contribution in [3.63, 3.8) is 0 Å². The van der Waals surface area contributed by atoms with Gasteiger partial charge in [0.05, 0.1) is 19.1 Å². The zero-order valence-electron chi connectivity index (χ0n) is 17.5. The van der Waals surface area contributed by atoms with Crippen molar-refractivity contribution in [2.24, 2.45) is 11.8 Å². The van der Waals surface area contributed by atoms with Crippen molar-refractivity contribution in [2.45, 2.75) is 71.6 Å². The third kappa shape index (κ3) is 4.32. The summed E-state index contributed by atoms with van der Waals surface area (Å²) in [5.41, 5.74) is 0. The van der Waals surface area contributed by atoms with E-state index in [1.807, 2.05) is 23.6 Å². The SMILES string of the molecule is CCN(CC)C(=O)C[C@@H]1OC[C@@H]2[C@H]1[C@H](CC(=O)N1CCCC1)CN2C(C)C. The number of ether oxygens (including phenoxy) is 1. The fourth-order valence-electron chi connectivity index (χ4n) is 5.34. The molecule has 4 atom stereocenters. The Bertz CT molecular complexity index is 529. The summed E-state index contributed by atoms with van der Waals surface area (Å²) in [5, 5.41) is 0. The van der Waals surface area contributed by atoms with Gasteiger partial charge in [-0.15, -0.1) is 0 Å². The molecule has 3 heterocycles. The maximum absolute atomic E-state index is 12.8. The molecule has 154 valence electrons. The van der Waals surface area contributed by atoms with Crippen molar-refractivity contribution in [3.05, 3.63) is 0 Å². The largest absolute Gasteiger partial charge is 0.376 e. The van der Waals surface area contributed by atoms with Crippen molar-refractivity contribution in [3.8, 4) is 0 Å². The molecular formula is C21H37N3O3. The predicted molar refractivity (Wildman–Crippen MR) is 105 cm³/mol. The Kier molecular flexibility index (Phi) is 6.79. The molecule has 0 aromatic rings. The van der Waals surface area contributed by atoms with Gasteiger partial charge in [0.1, 0.15) is 0 Å². The highest BCUT2D eigenvalue weighted by Crippen LogP contribution is 2.42. The van der Waals surface area contributed by atoms with Crippen LogP contribution in [0.1, 0.15) is 53.4 Å². The number of hydrogen-bond donors (Lipinski definition) is 0. The van der Waals surface area contributed by atoms with Crippen LogP contribution in [0.25, 0.3) is 0 Å². The van der Waals surface area contributed by atoms with Gasteiger partial charge >= 0.3 is 0 Å². The molecule has 2 amide bonds. The zero-order valence-corrected chi connectivity index (χ0v) is 17.5. The van der Waals surface area contributed by atoms with Crippen LogP contribution in [0.15, 0.2) is 0 Å². The molecule has 0 aliphatic carbocycles. The van der Waals surface area contributed by atoms with Crippen molar-refractivity contribution < 1.29 is 14.3 Å². The minimum absolute atomic E-state index is 0.0526. The summed E-state index contributed by atoms with van der Waals surface area (Å²) in [6.45, 7) is 13.4. The number of likely N-dealkylation sites (tertiary alicyclic amines) is 2. The van der Waals surface area contributed by atoms with Crippen molar-refractivity contribution >= 4 is 11.8 Å². The Morgan fingerprint density at radius 1 is 1.11 bits per heavy atom. The summed E-state index contributed by atoms with van der Waals surface area (Å²) in [7, 11) is 0. The first-order valence-corrected chi connectivity index (χ1v) is 10.9. The second kappa shape index (κ2) is 8.91. The van der Waals surface area contributed by atoms with E-state index in [0.29, 0.717) is 49.3 Å². The van der Waals surface area contributed by atoms with Crippen LogP contribution in [0, 0.1) is 11.8 Å². The van der Waals surface area contributed by atoms with E-state index < -0.39 is 0 Å². The van der Waals surface area contributed by atoms with Crippen molar-refractivity contribution in [1.82, 2.24) is 14.7 Å². The lowest BCUT2D eigenvalue weighted by Crippen LogP contribution is -2.39. The Morgan fingerprint density at radius 2 is 1.78 bits per heavy atom. The number of amides is 2. The van der Waals surface area contributed by atoms with Gasteiger partial charge in [-0.1, -0.05) is 0 Å². The second-order valence-corrected chi connectivity index (χ2v) is 8.63. The molecule has 0 aromatic carbocycles. The molecule has 0 unspecified atom stereocenters. The maximum Gasteiger partial charge on any atom is 0.225 e. The standard InChI is InChI=1S/C21H37N3O3/c1-5-22(6-2)20(26)12-18-21-16(11-19(25)23-9-7-8-10-23)13-24(15(3)4)17(21)14-27-18/h15-18,21H,5-14H2,1-4H3/t16-,17-,18+,21-/m1/s1. The van der Waals surface area contributed by atoms with Gasteiger partial charge in [-0.25, -0.2) is 0 Å². The highest BCUT2D eigenvalue weighted by atomic mass is 16.5. The molecule has 0 saturated carbocycles. The minimum atomic E-state index is -0.0526. The molecule has 3 aliphatic heterocycles. The smallest absolute Gasteiger partial charge is 0.225 e. The van der Waals surface area contributed by atoms with Gasteiger partial charge in [0, 0.05) is 57.1 Å². The first-order chi connectivity index (χ1) is 13.0. The highest BCUT2D eigenvalue weighted by molar-refractivity contribution is 5.77. The molecule has 0 bridgehead atoms. The molecule has 3 saturated heterocycles. The van der Waals surface area contributed by atoms with Gasteiger partial charge in [0.2, 0.25) is 11.8 Å². The molecule has 3 fully saturated rings. The average molecular weight is 380 g/mol. The van der Waals surface area contributed by atoms with Crippen LogP contribution in [0.5, 0.6) is 0 Å². The molecule has 27 heavy (non-hydrogen) atoms. The normalized spacial score (nSPS) is 30.9. The van der Waals surface area contributed by atoms with E-state index in [9.17, 15) is 9.59 Å². The van der Waals surface area contributed by atoms with Gasteiger partial charge in [0.25, 0.3) is 0 Å². The summed E-state index contributed by atoms with van der Waals surface area (Å²) < 4.78 is 6.13. The minimum Gasteiger partial charge on any atom is -0.376 e.